The number of pyridine rings is 1. The van der Waals surface area contributed by atoms with E-state index < -0.39 is 0 Å². The van der Waals surface area contributed by atoms with Crippen LogP contribution in [-0.4, -0.2) is 15.9 Å². The number of hydrogen-bond acceptors (Lipinski definition) is 2. The van der Waals surface area contributed by atoms with Gasteiger partial charge in [0, 0.05) is 41.0 Å². The number of fused-ring (bicyclic) bond motifs is 1. The van der Waals surface area contributed by atoms with Gasteiger partial charge >= 0.3 is 0 Å². The molecule has 2 heterocycles. The number of H-pyrrole nitrogens is 1. The fraction of sp³-hybridized carbons (Fsp3) is 0.0476. The van der Waals surface area contributed by atoms with Gasteiger partial charge in [0.05, 0.1) is 5.69 Å². The number of amides is 1. The molecule has 2 aromatic carbocycles. The minimum atomic E-state index is -0.0804. The van der Waals surface area contributed by atoms with Crippen molar-refractivity contribution in [2.75, 3.05) is 0 Å². The van der Waals surface area contributed by atoms with Crippen LogP contribution in [0.5, 0.6) is 0 Å². The molecular formula is C21H17N3O. The van der Waals surface area contributed by atoms with Crippen molar-refractivity contribution in [1.29, 1.82) is 0 Å². The summed E-state index contributed by atoms with van der Waals surface area (Å²) in [6.45, 7) is 0.519. The van der Waals surface area contributed by atoms with Crippen LogP contribution in [0, 0.1) is 0 Å². The molecule has 0 aliphatic rings. The number of carbonyl (C=O) groups is 1. The summed E-state index contributed by atoms with van der Waals surface area (Å²) in [5.41, 5.74) is 4.67. The number of carbonyl (C=O) groups excluding carboxylic acids is 1. The zero-order valence-electron chi connectivity index (χ0n) is 13.6. The Hall–Kier alpha value is -3.40. The number of nitrogens with one attached hydrogen (secondary N) is 2. The average molecular weight is 327 g/mol. The normalized spacial score (nSPS) is 10.7. The first-order valence-electron chi connectivity index (χ1n) is 8.16. The summed E-state index contributed by atoms with van der Waals surface area (Å²) >= 11 is 0. The standard InChI is InChI=1S/C21H17N3O/c25-21(24-14-15-4-2-1-3-5-15)17-8-6-16(7-9-17)20-18-10-12-22-19(18)11-13-23-20/h1-13,22H,14H2,(H,24,25). The Labute approximate surface area is 145 Å². The summed E-state index contributed by atoms with van der Waals surface area (Å²) in [6.07, 6.45) is 3.69. The molecular weight excluding hydrogens is 310 g/mol. The maximum Gasteiger partial charge on any atom is 0.251 e. The number of rotatable bonds is 4. The number of hydrogen-bond donors (Lipinski definition) is 2. The van der Waals surface area contributed by atoms with Gasteiger partial charge in [0.2, 0.25) is 0 Å². The summed E-state index contributed by atoms with van der Waals surface area (Å²) in [5.74, 6) is -0.0804. The highest BCUT2D eigenvalue weighted by atomic mass is 16.1. The summed E-state index contributed by atoms with van der Waals surface area (Å²) < 4.78 is 0. The Morgan fingerprint density at radius 1 is 0.960 bits per heavy atom. The molecule has 0 aliphatic heterocycles. The predicted molar refractivity (Wildman–Crippen MR) is 99.1 cm³/mol. The van der Waals surface area contributed by atoms with Crippen LogP contribution < -0.4 is 5.32 Å². The molecule has 1 amide bonds. The Kier molecular flexibility index (Phi) is 4.01. The Bertz CT molecular complexity index is 1000. The predicted octanol–water partition coefficient (Wildman–Crippen LogP) is 4.16. The summed E-state index contributed by atoms with van der Waals surface area (Å²) in [7, 11) is 0. The van der Waals surface area contributed by atoms with Crippen LogP contribution in [-0.2, 0) is 6.54 Å². The second-order valence-corrected chi connectivity index (χ2v) is 5.84. The quantitative estimate of drug-likeness (QED) is 0.591. The van der Waals surface area contributed by atoms with Crippen molar-refractivity contribution in [3.8, 4) is 11.3 Å². The molecule has 0 bridgehead atoms. The molecule has 0 saturated heterocycles. The summed E-state index contributed by atoms with van der Waals surface area (Å²) in [4.78, 5) is 20.0. The topological polar surface area (TPSA) is 57.8 Å². The number of aromatic amines is 1. The van der Waals surface area contributed by atoms with E-state index in [4.69, 9.17) is 0 Å². The van der Waals surface area contributed by atoms with E-state index in [2.05, 4.69) is 15.3 Å². The molecule has 0 saturated carbocycles. The molecule has 4 rings (SSSR count). The minimum Gasteiger partial charge on any atom is -0.361 e. The average Bonchev–Trinajstić information content (AvgIpc) is 3.16. The van der Waals surface area contributed by atoms with E-state index in [1.54, 1.807) is 6.20 Å². The fourth-order valence-corrected chi connectivity index (χ4v) is 2.87. The van der Waals surface area contributed by atoms with E-state index in [0.29, 0.717) is 12.1 Å². The van der Waals surface area contributed by atoms with Crippen molar-refractivity contribution in [2.45, 2.75) is 6.54 Å². The van der Waals surface area contributed by atoms with Crippen molar-refractivity contribution in [2.24, 2.45) is 0 Å². The molecule has 0 spiro atoms. The first kappa shape index (κ1) is 15.1. The molecule has 4 nitrogen and oxygen atoms in total. The molecule has 122 valence electrons. The third-order valence-electron chi connectivity index (χ3n) is 4.20. The number of nitrogens with zero attached hydrogens (tertiary/aromatic N) is 1. The van der Waals surface area contributed by atoms with Gasteiger partial charge in [-0.2, -0.15) is 0 Å². The lowest BCUT2D eigenvalue weighted by atomic mass is 10.1. The highest BCUT2D eigenvalue weighted by Crippen LogP contribution is 2.25. The first-order chi connectivity index (χ1) is 12.3. The van der Waals surface area contributed by atoms with Crippen LogP contribution in [0.15, 0.2) is 79.1 Å². The lowest BCUT2D eigenvalue weighted by Crippen LogP contribution is -2.22. The van der Waals surface area contributed by atoms with E-state index in [1.165, 1.54) is 0 Å². The van der Waals surface area contributed by atoms with Gasteiger partial charge in [0.1, 0.15) is 0 Å². The van der Waals surface area contributed by atoms with Crippen LogP contribution in [0.4, 0.5) is 0 Å². The highest BCUT2D eigenvalue weighted by molar-refractivity contribution is 5.96. The second kappa shape index (κ2) is 6.61. The smallest absolute Gasteiger partial charge is 0.251 e. The van der Waals surface area contributed by atoms with Crippen LogP contribution >= 0.6 is 0 Å². The van der Waals surface area contributed by atoms with Gasteiger partial charge in [0.15, 0.2) is 0 Å². The zero-order valence-corrected chi connectivity index (χ0v) is 13.6. The van der Waals surface area contributed by atoms with E-state index in [0.717, 1.165) is 27.7 Å². The molecule has 0 atom stereocenters. The number of aromatic nitrogens is 2. The van der Waals surface area contributed by atoms with Crippen molar-refractivity contribution < 1.29 is 4.79 Å². The largest absolute Gasteiger partial charge is 0.361 e. The third kappa shape index (κ3) is 3.15. The van der Waals surface area contributed by atoms with Gasteiger partial charge in [-0.3, -0.25) is 9.78 Å². The van der Waals surface area contributed by atoms with Crippen molar-refractivity contribution >= 4 is 16.8 Å². The molecule has 2 N–H and O–H groups in total. The second-order valence-electron chi connectivity index (χ2n) is 5.84. The van der Waals surface area contributed by atoms with Crippen molar-refractivity contribution in [3.63, 3.8) is 0 Å². The molecule has 4 heteroatoms. The van der Waals surface area contributed by atoms with Crippen LogP contribution in [0.2, 0.25) is 0 Å². The van der Waals surface area contributed by atoms with Gasteiger partial charge in [-0.25, -0.2) is 0 Å². The zero-order chi connectivity index (χ0) is 17.1. The minimum absolute atomic E-state index is 0.0804. The Balaban J connectivity index is 1.52. The van der Waals surface area contributed by atoms with Gasteiger partial charge in [-0.1, -0.05) is 42.5 Å². The first-order valence-corrected chi connectivity index (χ1v) is 8.16. The Morgan fingerprint density at radius 2 is 1.76 bits per heavy atom. The number of benzene rings is 2. The molecule has 25 heavy (non-hydrogen) atoms. The van der Waals surface area contributed by atoms with E-state index >= 15 is 0 Å². The van der Waals surface area contributed by atoms with E-state index in [9.17, 15) is 4.79 Å². The van der Waals surface area contributed by atoms with Gasteiger partial charge in [-0.15, -0.1) is 0 Å². The summed E-state index contributed by atoms with van der Waals surface area (Å²) in [6, 6.07) is 21.4. The molecule has 4 aromatic rings. The lowest BCUT2D eigenvalue weighted by Gasteiger charge is -2.07. The van der Waals surface area contributed by atoms with Gasteiger partial charge in [-0.05, 0) is 29.8 Å². The SMILES string of the molecule is O=C(NCc1ccccc1)c1ccc(-c2nccc3[nH]ccc23)cc1. The van der Waals surface area contributed by atoms with Gasteiger partial charge in [0.25, 0.3) is 5.91 Å². The Morgan fingerprint density at radius 3 is 2.56 bits per heavy atom. The monoisotopic (exact) mass is 327 g/mol. The molecule has 0 fully saturated rings. The van der Waals surface area contributed by atoms with Crippen LogP contribution in [0.25, 0.3) is 22.2 Å². The van der Waals surface area contributed by atoms with Gasteiger partial charge < -0.3 is 10.3 Å². The molecule has 2 aromatic heterocycles. The molecule has 0 radical (unpaired) electrons. The van der Waals surface area contributed by atoms with Crippen molar-refractivity contribution in [3.05, 3.63) is 90.3 Å². The van der Waals surface area contributed by atoms with Crippen LogP contribution in [0.3, 0.4) is 0 Å². The fourth-order valence-electron chi connectivity index (χ4n) is 2.87. The van der Waals surface area contributed by atoms with E-state index in [-0.39, 0.29) is 5.91 Å². The maximum absolute atomic E-state index is 12.3. The summed E-state index contributed by atoms with van der Waals surface area (Å²) in [5, 5.41) is 4.01. The van der Waals surface area contributed by atoms with Crippen LogP contribution in [0.1, 0.15) is 15.9 Å². The third-order valence-corrected chi connectivity index (χ3v) is 4.20. The van der Waals surface area contributed by atoms with Crippen molar-refractivity contribution in [1.82, 2.24) is 15.3 Å². The lowest BCUT2D eigenvalue weighted by molar-refractivity contribution is 0.0951. The van der Waals surface area contributed by atoms with E-state index in [1.807, 2.05) is 72.9 Å². The molecule has 0 unspecified atom stereocenters. The highest BCUT2D eigenvalue weighted by Gasteiger charge is 2.09. The maximum atomic E-state index is 12.3. The molecule has 0 aliphatic carbocycles.